The number of hydrogen-bond acceptors (Lipinski definition) is 2. The lowest BCUT2D eigenvalue weighted by atomic mass is 10.1. The second-order valence-electron chi connectivity index (χ2n) is 3.01. The van der Waals surface area contributed by atoms with Crippen molar-refractivity contribution in [2.45, 2.75) is 19.8 Å². The maximum absolute atomic E-state index is 11.2. The van der Waals surface area contributed by atoms with Crippen LogP contribution < -0.4 is 0 Å². The third-order valence-electron chi connectivity index (χ3n) is 1.85. The van der Waals surface area contributed by atoms with Gasteiger partial charge in [0.2, 0.25) is 0 Å². The van der Waals surface area contributed by atoms with Gasteiger partial charge in [-0.2, -0.15) is 0 Å². The normalized spacial score (nSPS) is 19.4. The average molecular weight is 207 g/mol. The van der Waals surface area contributed by atoms with Gasteiger partial charge in [-0.25, -0.2) is 8.42 Å². The van der Waals surface area contributed by atoms with Crippen molar-refractivity contribution in [3.05, 3.63) is 21.6 Å². The summed E-state index contributed by atoms with van der Waals surface area (Å²) in [4.78, 5) is 0.388. The Morgan fingerprint density at radius 3 is 2.42 bits per heavy atom. The molecule has 0 amide bonds. The molecule has 0 saturated heterocycles. The molecule has 0 fully saturated rings. The van der Waals surface area contributed by atoms with Crippen molar-refractivity contribution < 1.29 is 8.42 Å². The summed E-state index contributed by atoms with van der Waals surface area (Å²) in [6.45, 7) is 1.83. The van der Waals surface area contributed by atoms with Crippen LogP contribution in [-0.4, -0.2) is 14.7 Å². The van der Waals surface area contributed by atoms with Crippen LogP contribution >= 0.6 is 11.6 Å². The summed E-state index contributed by atoms with van der Waals surface area (Å²) in [5, 5.41) is 0.626. The predicted molar refractivity (Wildman–Crippen MR) is 50.7 cm³/mol. The minimum atomic E-state index is -3.09. The summed E-state index contributed by atoms with van der Waals surface area (Å²) in [7, 11) is -3.09. The first-order valence-corrected chi connectivity index (χ1v) is 5.94. The molecule has 0 unspecified atom stereocenters. The molecule has 68 valence electrons. The van der Waals surface area contributed by atoms with E-state index >= 15 is 0 Å². The molecule has 2 nitrogen and oxygen atoms in total. The highest BCUT2D eigenvalue weighted by atomic mass is 35.5. The first kappa shape index (κ1) is 9.81. The smallest absolute Gasteiger partial charge is 0.175 e. The highest BCUT2D eigenvalue weighted by Crippen LogP contribution is 2.28. The minimum absolute atomic E-state index is 0.388. The molecule has 4 heteroatoms. The van der Waals surface area contributed by atoms with Crippen LogP contribution in [-0.2, 0) is 9.84 Å². The molecule has 1 aliphatic rings. The number of rotatable bonds is 1. The molecule has 0 aromatic heterocycles. The molecule has 0 aromatic rings. The molecular weight excluding hydrogens is 196 g/mol. The van der Waals surface area contributed by atoms with Gasteiger partial charge >= 0.3 is 0 Å². The molecular formula is C8H11ClO2S. The predicted octanol–water partition coefficient (Wildman–Crippen LogP) is 2.22. The van der Waals surface area contributed by atoms with Crippen LogP contribution in [0.25, 0.3) is 0 Å². The molecule has 0 N–H and O–H groups in total. The summed E-state index contributed by atoms with van der Waals surface area (Å²) in [5.74, 6) is 0. The van der Waals surface area contributed by atoms with Crippen LogP contribution in [0.4, 0.5) is 0 Å². The van der Waals surface area contributed by atoms with Gasteiger partial charge in [0.25, 0.3) is 0 Å². The summed E-state index contributed by atoms with van der Waals surface area (Å²) >= 11 is 5.75. The Hall–Kier alpha value is -0.280. The first-order chi connectivity index (χ1) is 5.41. The molecule has 0 bridgehead atoms. The van der Waals surface area contributed by atoms with E-state index in [0.29, 0.717) is 9.94 Å². The van der Waals surface area contributed by atoms with Gasteiger partial charge in [0.05, 0.1) is 4.91 Å². The summed E-state index contributed by atoms with van der Waals surface area (Å²) in [6.07, 6.45) is 4.26. The van der Waals surface area contributed by atoms with E-state index in [1.54, 1.807) is 6.08 Å². The Balaban J connectivity index is 3.19. The van der Waals surface area contributed by atoms with Crippen molar-refractivity contribution in [1.82, 2.24) is 0 Å². The highest BCUT2D eigenvalue weighted by Gasteiger charge is 2.16. The van der Waals surface area contributed by atoms with Gasteiger partial charge in [0, 0.05) is 11.3 Å². The standard InChI is InChI=1S/C8H11ClO2S/c1-6-3-4-7(9)5-8(6)12(2,10)11/h5H,3-4H2,1-2H3. The molecule has 0 heterocycles. The zero-order valence-electron chi connectivity index (χ0n) is 7.09. The lowest BCUT2D eigenvalue weighted by Gasteiger charge is -2.12. The number of hydrogen-bond donors (Lipinski definition) is 0. The zero-order chi connectivity index (χ0) is 9.35. The lowest BCUT2D eigenvalue weighted by Crippen LogP contribution is -2.05. The third-order valence-corrected chi connectivity index (χ3v) is 3.41. The van der Waals surface area contributed by atoms with Crippen LogP contribution in [0.5, 0.6) is 0 Å². The molecule has 0 radical (unpaired) electrons. The molecule has 0 spiro atoms. The van der Waals surface area contributed by atoms with Crippen molar-refractivity contribution in [2.24, 2.45) is 0 Å². The Morgan fingerprint density at radius 1 is 1.42 bits per heavy atom. The molecule has 12 heavy (non-hydrogen) atoms. The van der Waals surface area contributed by atoms with Crippen molar-refractivity contribution in [3.8, 4) is 0 Å². The second-order valence-corrected chi connectivity index (χ2v) is 5.48. The summed E-state index contributed by atoms with van der Waals surface area (Å²) < 4.78 is 22.4. The van der Waals surface area contributed by atoms with Crippen LogP contribution in [0.1, 0.15) is 19.8 Å². The van der Waals surface area contributed by atoms with Gasteiger partial charge < -0.3 is 0 Å². The van der Waals surface area contributed by atoms with Gasteiger partial charge in [0.15, 0.2) is 9.84 Å². The Morgan fingerprint density at radius 2 is 2.00 bits per heavy atom. The lowest BCUT2D eigenvalue weighted by molar-refractivity contribution is 0.607. The Bertz CT molecular complexity index is 349. The van der Waals surface area contributed by atoms with Crippen LogP contribution in [0.2, 0.25) is 0 Å². The Kier molecular flexibility index (Phi) is 2.64. The first-order valence-electron chi connectivity index (χ1n) is 3.67. The van der Waals surface area contributed by atoms with Crippen molar-refractivity contribution >= 4 is 21.4 Å². The van der Waals surface area contributed by atoms with E-state index in [4.69, 9.17) is 11.6 Å². The number of sulfone groups is 1. The molecule has 0 atom stereocenters. The topological polar surface area (TPSA) is 34.1 Å². The maximum Gasteiger partial charge on any atom is 0.175 e. The minimum Gasteiger partial charge on any atom is -0.224 e. The van der Waals surface area contributed by atoms with Crippen LogP contribution in [0.15, 0.2) is 21.6 Å². The van der Waals surface area contributed by atoms with Crippen LogP contribution in [0.3, 0.4) is 0 Å². The fourth-order valence-corrected chi connectivity index (χ4v) is 2.55. The van der Waals surface area contributed by atoms with Crippen molar-refractivity contribution in [2.75, 3.05) is 6.26 Å². The maximum atomic E-state index is 11.2. The highest BCUT2D eigenvalue weighted by molar-refractivity contribution is 7.94. The quantitative estimate of drug-likeness (QED) is 0.660. The third kappa shape index (κ3) is 2.11. The van der Waals surface area contributed by atoms with E-state index in [9.17, 15) is 8.42 Å². The van der Waals surface area contributed by atoms with E-state index in [1.165, 1.54) is 6.26 Å². The van der Waals surface area contributed by atoms with Crippen LogP contribution in [0, 0.1) is 0 Å². The van der Waals surface area contributed by atoms with E-state index in [1.807, 2.05) is 6.92 Å². The molecule has 0 aromatic carbocycles. The zero-order valence-corrected chi connectivity index (χ0v) is 8.67. The molecule has 0 saturated carbocycles. The summed E-state index contributed by atoms with van der Waals surface area (Å²) in [5.41, 5.74) is 0.905. The van der Waals surface area contributed by atoms with Crippen molar-refractivity contribution in [1.29, 1.82) is 0 Å². The van der Waals surface area contributed by atoms with Crippen molar-refractivity contribution in [3.63, 3.8) is 0 Å². The molecule has 1 aliphatic carbocycles. The largest absolute Gasteiger partial charge is 0.224 e. The fraction of sp³-hybridized carbons (Fsp3) is 0.500. The van der Waals surface area contributed by atoms with Gasteiger partial charge in [-0.05, 0) is 25.8 Å². The molecule has 1 rings (SSSR count). The number of halogens is 1. The van der Waals surface area contributed by atoms with Gasteiger partial charge in [-0.1, -0.05) is 17.2 Å². The SMILES string of the molecule is CC1=C(S(C)(=O)=O)C=C(Cl)CC1. The van der Waals surface area contributed by atoms with E-state index < -0.39 is 9.84 Å². The number of allylic oxidation sites excluding steroid dienone is 3. The van der Waals surface area contributed by atoms with E-state index in [2.05, 4.69) is 0 Å². The monoisotopic (exact) mass is 206 g/mol. The van der Waals surface area contributed by atoms with Gasteiger partial charge in [-0.3, -0.25) is 0 Å². The van der Waals surface area contributed by atoms with E-state index in [0.717, 1.165) is 18.4 Å². The van der Waals surface area contributed by atoms with Gasteiger partial charge in [0.1, 0.15) is 0 Å². The van der Waals surface area contributed by atoms with Gasteiger partial charge in [-0.15, -0.1) is 0 Å². The summed E-state index contributed by atoms with van der Waals surface area (Å²) in [6, 6.07) is 0. The Labute approximate surface area is 77.8 Å². The fourth-order valence-electron chi connectivity index (χ4n) is 1.19. The van der Waals surface area contributed by atoms with E-state index in [-0.39, 0.29) is 0 Å². The molecule has 0 aliphatic heterocycles. The second kappa shape index (κ2) is 3.23. The average Bonchev–Trinajstić information content (AvgIpc) is 1.92.